The lowest BCUT2D eigenvalue weighted by molar-refractivity contribution is -0.0116. The Morgan fingerprint density at radius 1 is 1.29 bits per heavy atom. The lowest BCUT2D eigenvalue weighted by Crippen LogP contribution is -2.34. The van der Waals surface area contributed by atoms with E-state index in [1.165, 1.54) is 0 Å². The third-order valence-electron chi connectivity index (χ3n) is 3.63. The smallest absolute Gasteiger partial charge is 0.124 e. The minimum atomic E-state index is -0.777. The third-order valence-corrected chi connectivity index (χ3v) is 3.87. The Kier molecular flexibility index (Phi) is 8.04. The van der Waals surface area contributed by atoms with Crippen LogP contribution in [0.5, 0.6) is 5.75 Å². The number of methoxy groups -OCH3 is 1. The first-order chi connectivity index (χ1) is 10.0. The number of benzene rings is 1. The van der Waals surface area contributed by atoms with E-state index >= 15 is 0 Å². The van der Waals surface area contributed by atoms with Crippen LogP contribution < -0.4 is 10.1 Å². The van der Waals surface area contributed by atoms with Gasteiger partial charge in [0.2, 0.25) is 0 Å². The van der Waals surface area contributed by atoms with Gasteiger partial charge < -0.3 is 19.9 Å². The average molecular weight is 316 g/mol. The topological polar surface area (TPSA) is 50.7 Å². The molecule has 0 saturated carbocycles. The van der Waals surface area contributed by atoms with Gasteiger partial charge in [-0.15, -0.1) is 0 Å². The van der Waals surface area contributed by atoms with E-state index in [0.29, 0.717) is 31.0 Å². The first kappa shape index (κ1) is 18.2. The van der Waals surface area contributed by atoms with Gasteiger partial charge in [-0.25, -0.2) is 0 Å². The van der Waals surface area contributed by atoms with Gasteiger partial charge in [0, 0.05) is 30.8 Å². The van der Waals surface area contributed by atoms with Crippen molar-refractivity contribution in [2.45, 2.75) is 38.8 Å². The maximum absolute atomic E-state index is 10.3. The molecule has 0 saturated heterocycles. The molecule has 0 aliphatic rings. The fraction of sp³-hybridized carbons (Fsp3) is 0.625. The summed E-state index contributed by atoms with van der Waals surface area (Å²) < 4.78 is 10.8. The van der Waals surface area contributed by atoms with Crippen LogP contribution in [0.25, 0.3) is 0 Å². The molecule has 4 nitrogen and oxygen atoms in total. The van der Waals surface area contributed by atoms with Crippen molar-refractivity contribution < 1.29 is 14.6 Å². The summed E-state index contributed by atoms with van der Waals surface area (Å²) in [6, 6.07) is 5.53. The molecule has 1 rings (SSSR count). The molecule has 120 valence electrons. The number of hydrogen-bond acceptors (Lipinski definition) is 4. The van der Waals surface area contributed by atoms with Crippen LogP contribution in [0, 0.1) is 0 Å². The van der Waals surface area contributed by atoms with Crippen molar-refractivity contribution in [2.24, 2.45) is 0 Å². The summed E-state index contributed by atoms with van der Waals surface area (Å²) in [7, 11) is 1.67. The van der Waals surface area contributed by atoms with Crippen molar-refractivity contribution in [2.75, 3.05) is 26.9 Å². The fourth-order valence-corrected chi connectivity index (χ4v) is 2.09. The molecule has 0 unspecified atom stereocenters. The summed E-state index contributed by atoms with van der Waals surface area (Å²) in [6.07, 6.45) is 1.33. The Bertz CT molecular complexity index is 422. The monoisotopic (exact) mass is 315 g/mol. The highest BCUT2D eigenvalue weighted by Gasteiger charge is 2.23. The minimum Gasteiger partial charge on any atom is -0.490 e. The highest BCUT2D eigenvalue weighted by atomic mass is 35.5. The number of aliphatic hydroxyl groups is 1. The predicted molar refractivity (Wildman–Crippen MR) is 86.1 cm³/mol. The molecule has 1 aromatic carbocycles. The molecule has 0 aromatic heterocycles. The fourth-order valence-electron chi connectivity index (χ4n) is 1.89. The lowest BCUT2D eigenvalue weighted by Gasteiger charge is -2.26. The number of nitrogens with one attached hydrogen (secondary N) is 1. The van der Waals surface area contributed by atoms with Gasteiger partial charge in [-0.3, -0.25) is 0 Å². The highest BCUT2D eigenvalue weighted by molar-refractivity contribution is 6.30. The van der Waals surface area contributed by atoms with Gasteiger partial charge in [0.05, 0.1) is 12.2 Å². The van der Waals surface area contributed by atoms with E-state index in [-0.39, 0.29) is 6.61 Å². The van der Waals surface area contributed by atoms with E-state index in [1.54, 1.807) is 13.2 Å². The third kappa shape index (κ3) is 6.22. The van der Waals surface area contributed by atoms with Crippen molar-refractivity contribution in [3.8, 4) is 5.75 Å². The van der Waals surface area contributed by atoms with Gasteiger partial charge in [0.25, 0.3) is 0 Å². The Morgan fingerprint density at radius 3 is 2.62 bits per heavy atom. The van der Waals surface area contributed by atoms with Crippen LogP contribution >= 0.6 is 11.6 Å². The minimum absolute atomic E-state index is 0.284. The molecule has 5 heteroatoms. The molecule has 1 aromatic rings. The van der Waals surface area contributed by atoms with Crippen molar-refractivity contribution in [3.63, 3.8) is 0 Å². The predicted octanol–water partition coefficient (Wildman–Crippen LogP) is 3.01. The first-order valence-corrected chi connectivity index (χ1v) is 7.75. The number of halogens is 1. The molecule has 0 aliphatic heterocycles. The summed E-state index contributed by atoms with van der Waals surface area (Å²) in [4.78, 5) is 0. The average Bonchev–Trinajstić information content (AvgIpc) is 2.50. The molecule has 0 heterocycles. The van der Waals surface area contributed by atoms with Crippen molar-refractivity contribution >= 4 is 11.6 Å². The van der Waals surface area contributed by atoms with Crippen LogP contribution in [-0.4, -0.2) is 37.6 Å². The van der Waals surface area contributed by atoms with Gasteiger partial charge in [-0.1, -0.05) is 25.4 Å². The highest BCUT2D eigenvalue weighted by Crippen LogP contribution is 2.25. The molecule has 0 spiro atoms. The molecular formula is C16H26ClNO3. The van der Waals surface area contributed by atoms with E-state index in [0.717, 1.165) is 17.9 Å². The van der Waals surface area contributed by atoms with Crippen LogP contribution in [0.4, 0.5) is 0 Å². The maximum atomic E-state index is 10.3. The summed E-state index contributed by atoms with van der Waals surface area (Å²) >= 11 is 6.04. The Hall–Kier alpha value is -0.810. The molecule has 0 bridgehead atoms. The van der Waals surface area contributed by atoms with E-state index in [2.05, 4.69) is 5.32 Å². The van der Waals surface area contributed by atoms with E-state index < -0.39 is 5.60 Å². The summed E-state index contributed by atoms with van der Waals surface area (Å²) in [5.74, 6) is 0.754. The van der Waals surface area contributed by atoms with Crippen molar-refractivity contribution in [3.05, 3.63) is 28.8 Å². The van der Waals surface area contributed by atoms with Crippen LogP contribution in [-0.2, 0) is 11.3 Å². The van der Waals surface area contributed by atoms with E-state index in [4.69, 9.17) is 21.1 Å². The Balaban J connectivity index is 2.67. The van der Waals surface area contributed by atoms with Crippen LogP contribution in [0.3, 0.4) is 0 Å². The zero-order valence-corrected chi connectivity index (χ0v) is 13.9. The molecule has 0 fully saturated rings. The molecule has 0 radical (unpaired) electrons. The Labute approximate surface area is 132 Å². The second-order valence-corrected chi connectivity index (χ2v) is 5.58. The van der Waals surface area contributed by atoms with E-state index in [1.807, 2.05) is 26.0 Å². The van der Waals surface area contributed by atoms with Crippen molar-refractivity contribution in [1.29, 1.82) is 0 Å². The number of ether oxygens (including phenoxy) is 2. The summed E-state index contributed by atoms with van der Waals surface area (Å²) in [5, 5.41) is 14.2. The van der Waals surface area contributed by atoms with Crippen LogP contribution in [0.1, 0.15) is 32.3 Å². The standard InChI is InChI=1S/C16H26ClNO3/c1-4-16(19,5-2)12-21-15-7-6-14(17)10-13(15)11-18-8-9-20-3/h6-7,10,18-19H,4-5,8-9,11-12H2,1-3H3. The van der Waals surface area contributed by atoms with Gasteiger partial charge in [0.1, 0.15) is 12.4 Å². The number of hydrogen-bond donors (Lipinski definition) is 2. The first-order valence-electron chi connectivity index (χ1n) is 7.38. The zero-order chi connectivity index (χ0) is 15.7. The van der Waals surface area contributed by atoms with Gasteiger partial charge in [0.15, 0.2) is 0 Å². The second-order valence-electron chi connectivity index (χ2n) is 5.14. The zero-order valence-electron chi connectivity index (χ0n) is 13.1. The Morgan fingerprint density at radius 2 is 2.00 bits per heavy atom. The molecule has 21 heavy (non-hydrogen) atoms. The van der Waals surface area contributed by atoms with Gasteiger partial charge >= 0.3 is 0 Å². The van der Waals surface area contributed by atoms with Crippen LogP contribution in [0.15, 0.2) is 18.2 Å². The quantitative estimate of drug-likeness (QED) is 0.652. The van der Waals surface area contributed by atoms with Crippen molar-refractivity contribution in [1.82, 2.24) is 5.32 Å². The van der Waals surface area contributed by atoms with Gasteiger partial charge in [-0.2, -0.15) is 0 Å². The van der Waals surface area contributed by atoms with Crippen LogP contribution in [0.2, 0.25) is 5.02 Å². The molecule has 0 atom stereocenters. The summed E-state index contributed by atoms with van der Waals surface area (Å²) in [6.45, 7) is 6.27. The number of rotatable bonds is 10. The maximum Gasteiger partial charge on any atom is 0.124 e. The largest absolute Gasteiger partial charge is 0.490 e. The second kappa shape index (κ2) is 9.26. The molecule has 2 N–H and O–H groups in total. The summed E-state index contributed by atoms with van der Waals surface area (Å²) in [5.41, 5.74) is 0.202. The SMILES string of the molecule is CCC(O)(CC)COc1ccc(Cl)cc1CNCCOC. The van der Waals surface area contributed by atoms with E-state index in [9.17, 15) is 5.11 Å². The molecule has 0 aliphatic carbocycles. The molecular weight excluding hydrogens is 290 g/mol. The van der Waals surface area contributed by atoms with Gasteiger partial charge in [-0.05, 0) is 31.0 Å². The lowest BCUT2D eigenvalue weighted by atomic mass is 9.99. The molecule has 0 amide bonds. The normalized spacial score (nSPS) is 11.7.